The third kappa shape index (κ3) is 6.21. The minimum atomic E-state index is 0.850. The first kappa shape index (κ1) is 36.5. The van der Waals surface area contributed by atoms with Crippen LogP contribution in [0, 0.1) is 0 Å². The molecule has 3 heteroatoms. The molecule has 0 atom stereocenters. The zero-order valence-corrected chi connectivity index (χ0v) is 34.4. The Morgan fingerprint density at radius 2 is 0.857 bits per heavy atom. The van der Waals surface area contributed by atoms with Gasteiger partial charge < -0.3 is 13.9 Å². The van der Waals surface area contributed by atoms with Crippen LogP contribution in [0.4, 0.5) is 17.1 Å². The van der Waals surface area contributed by atoms with E-state index in [1.165, 1.54) is 49.6 Å². The van der Waals surface area contributed by atoms with Gasteiger partial charge in [-0.15, -0.1) is 0 Å². The van der Waals surface area contributed by atoms with Crippen LogP contribution in [0.3, 0.4) is 0 Å². The summed E-state index contributed by atoms with van der Waals surface area (Å²) in [4.78, 5) is 2.40. The molecule has 0 aliphatic carbocycles. The van der Waals surface area contributed by atoms with Crippen LogP contribution >= 0.6 is 0 Å². The Kier molecular flexibility index (Phi) is 8.83. The Hall–Kier alpha value is -8.40. The smallest absolute Gasteiger partial charge is 0.137 e. The van der Waals surface area contributed by atoms with Gasteiger partial charge in [-0.25, -0.2) is 0 Å². The van der Waals surface area contributed by atoms with Gasteiger partial charge in [-0.2, -0.15) is 0 Å². The summed E-state index contributed by atoms with van der Waals surface area (Å²) in [6.07, 6.45) is 0. The summed E-state index contributed by atoms with van der Waals surface area (Å²) in [6, 6.07) is 87.1. The highest BCUT2D eigenvalue weighted by atomic mass is 16.3. The van der Waals surface area contributed by atoms with Gasteiger partial charge in [-0.3, -0.25) is 0 Å². The van der Waals surface area contributed by atoms with Gasteiger partial charge >= 0.3 is 0 Å². The number of fused-ring (bicyclic) bond motifs is 6. The normalized spacial score (nSPS) is 11.5. The molecule has 2 aromatic heterocycles. The quantitative estimate of drug-likeness (QED) is 0.153. The summed E-state index contributed by atoms with van der Waals surface area (Å²) in [6.45, 7) is 0. The average Bonchev–Trinajstić information content (AvgIpc) is 3.90. The van der Waals surface area contributed by atoms with Crippen molar-refractivity contribution >= 4 is 60.8 Å². The molecule has 2 heterocycles. The molecule has 0 N–H and O–H groups in total. The van der Waals surface area contributed by atoms with E-state index in [4.69, 9.17) is 4.42 Å². The number of anilines is 3. The molecule has 0 radical (unpaired) electrons. The van der Waals surface area contributed by atoms with Gasteiger partial charge in [-0.1, -0.05) is 176 Å². The third-order valence-electron chi connectivity index (χ3n) is 12.4. The van der Waals surface area contributed by atoms with Crippen molar-refractivity contribution < 1.29 is 4.42 Å². The van der Waals surface area contributed by atoms with Gasteiger partial charge in [0, 0.05) is 50.2 Å². The van der Waals surface area contributed by atoms with Gasteiger partial charge in [0.25, 0.3) is 0 Å². The van der Waals surface area contributed by atoms with Crippen LogP contribution in [0.5, 0.6) is 0 Å². The van der Waals surface area contributed by atoms with Crippen molar-refractivity contribution in [2.45, 2.75) is 0 Å². The van der Waals surface area contributed by atoms with E-state index in [1.807, 2.05) is 12.1 Å². The molecule has 0 saturated heterocycles. The van der Waals surface area contributed by atoms with E-state index < -0.39 is 0 Å². The Balaban J connectivity index is 1.08. The minimum absolute atomic E-state index is 0.850. The number of rotatable bonds is 8. The van der Waals surface area contributed by atoms with Crippen molar-refractivity contribution in [3.05, 3.63) is 243 Å². The number of hydrogen-bond acceptors (Lipinski definition) is 2. The number of para-hydroxylation sites is 4. The first-order valence-corrected chi connectivity index (χ1v) is 21.5. The van der Waals surface area contributed by atoms with Crippen molar-refractivity contribution in [2.24, 2.45) is 0 Å². The number of benzene rings is 10. The van der Waals surface area contributed by atoms with Gasteiger partial charge in [-0.05, 0) is 99.6 Å². The van der Waals surface area contributed by atoms with Crippen LogP contribution in [0.2, 0.25) is 0 Å². The average molecular weight is 805 g/mol. The predicted molar refractivity (Wildman–Crippen MR) is 264 cm³/mol. The van der Waals surface area contributed by atoms with E-state index >= 15 is 0 Å². The lowest BCUT2D eigenvalue weighted by atomic mass is 9.88. The van der Waals surface area contributed by atoms with Crippen molar-refractivity contribution in [2.75, 3.05) is 4.90 Å². The Morgan fingerprint density at radius 1 is 0.317 bits per heavy atom. The maximum atomic E-state index is 6.55. The van der Waals surface area contributed by atoms with Crippen molar-refractivity contribution in [3.8, 4) is 50.2 Å². The van der Waals surface area contributed by atoms with Crippen LogP contribution in [0.25, 0.3) is 93.9 Å². The zero-order valence-electron chi connectivity index (χ0n) is 34.4. The lowest BCUT2D eigenvalue weighted by molar-refractivity contribution is 0.669. The maximum Gasteiger partial charge on any atom is 0.137 e. The van der Waals surface area contributed by atoms with E-state index in [-0.39, 0.29) is 0 Å². The summed E-state index contributed by atoms with van der Waals surface area (Å²) in [7, 11) is 0. The molecule has 63 heavy (non-hydrogen) atoms. The molecule has 0 saturated carbocycles. The maximum absolute atomic E-state index is 6.55. The first-order chi connectivity index (χ1) is 31.3. The molecule has 12 rings (SSSR count). The molecular formula is C60H40N2O. The predicted octanol–water partition coefficient (Wildman–Crippen LogP) is 16.8. The molecule has 0 fully saturated rings. The Bertz CT molecular complexity index is 3640. The first-order valence-electron chi connectivity index (χ1n) is 21.5. The molecular weight excluding hydrogens is 765 g/mol. The van der Waals surface area contributed by atoms with Gasteiger partial charge in [0.05, 0.1) is 16.7 Å². The SMILES string of the molecule is c1ccc(-c2ccccc2-c2ccccc2-c2ccccc2N(c2cccc(-c3cccc4c3c3ccccc3n4-c3ccccc3)c2)c2ccc3c(c2)oc2ccccc23)cc1. The summed E-state index contributed by atoms with van der Waals surface area (Å²) >= 11 is 0. The molecule has 0 unspecified atom stereocenters. The van der Waals surface area contributed by atoms with Crippen LogP contribution < -0.4 is 4.90 Å². The lowest BCUT2D eigenvalue weighted by Crippen LogP contribution is -2.11. The van der Waals surface area contributed by atoms with E-state index in [0.717, 1.165) is 61.4 Å². The lowest BCUT2D eigenvalue weighted by Gasteiger charge is -2.29. The number of furan rings is 1. The number of nitrogens with zero attached hydrogens (tertiary/aromatic N) is 2. The largest absolute Gasteiger partial charge is 0.456 e. The van der Waals surface area contributed by atoms with Crippen molar-refractivity contribution in [3.63, 3.8) is 0 Å². The second-order valence-corrected chi connectivity index (χ2v) is 16.0. The van der Waals surface area contributed by atoms with Gasteiger partial charge in [0.1, 0.15) is 11.2 Å². The van der Waals surface area contributed by atoms with Crippen molar-refractivity contribution in [1.29, 1.82) is 0 Å². The van der Waals surface area contributed by atoms with Gasteiger partial charge in [0.15, 0.2) is 0 Å². The second kappa shape index (κ2) is 15.3. The summed E-state index contributed by atoms with van der Waals surface area (Å²) in [5, 5.41) is 4.67. The van der Waals surface area contributed by atoms with E-state index in [2.05, 4.69) is 240 Å². The summed E-state index contributed by atoms with van der Waals surface area (Å²) in [5.41, 5.74) is 17.7. The van der Waals surface area contributed by atoms with Crippen LogP contribution in [0.15, 0.2) is 247 Å². The van der Waals surface area contributed by atoms with E-state index in [0.29, 0.717) is 0 Å². The fourth-order valence-electron chi connectivity index (χ4n) is 9.65. The standard InChI is InChI=1S/C60H40N2O/c1-3-19-41(20-4-1)46-25-7-8-26-48(46)49-27-9-10-28-50(49)51-29-11-14-33-55(51)61(45-37-38-53-52-30-13-16-36-58(52)63-59(53)40-45)44-24-17-21-42(39-44)47-32-18-35-57-60(47)54-31-12-15-34-56(54)62(57)43-22-5-2-6-23-43/h1-40H. The van der Waals surface area contributed by atoms with E-state index in [1.54, 1.807) is 0 Å². The topological polar surface area (TPSA) is 21.3 Å². The third-order valence-corrected chi connectivity index (χ3v) is 12.4. The highest BCUT2D eigenvalue weighted by molar-refractivity contribution is 6.16. The number of aromatic nitrogens is 1. The second-order valence-electron chi connectivity index (χ2n) is 16.0. The molecule has 10 aromatic carbocycles. The molecule has 0 bridgehead atoms. The van der Waals surface area contributed by atoms with Gasteiger partial charge in [0.2, 0.25) is 0 Å². The summed E-state index contributed by atoms with van der Waals surface area (Å²) in [5.74, 6) is 0. The molecule has 0 aliphatic heterocycles. The molecule has 3 nitrogen and oxygen atoms in total. The molecule has 0 spiro atoms. The summed E-state index contributed by atoms with van der Waals surface area (Å²) < 4.78 is 8.94. The minimum Gasteiger partial charge on any atom is -0.456 e. The molecule has 0 aliphatic rings. The van der Waals surface area contributed by atoms with Crippen LogP contribution in [-0.4, -0.2) is 4.57 Å². The Morgan fingerprint density at radius 3 is 1.67 bits per heavy atom. The van der Waals surface area contributed by atoms with Crippen molar-refractivity contribution in [1.82, 2.24) is 4.57 Å². The molecule has 296 valence electrons. The highest BCUT2D eigenvalue weighted by Crippen LogP contribution is 2.47. The molecule has 0 amide bonds. The fraction of sp³-hybridized carbons (Fsp3) is 0. The molecule has 12 aromatic rings. The fourth-order valence-corrected chi connectivity index (χ4v) is 9.65. The van der Waals surface area contributed by atoms with E-state index in [9.17, 15) is 0 Å². The highest BCUT2D eigenvalue weighted by Gasteiger charge is 2.23. The monoisotopic (exact) mass is 804 g/mol. The Labute approximate surface area is 366 Å². The zero-order chi connectivity index (χ0) is 41.7. The van der Waals surface area contributed by atoms with Crippen LogP contribution in [0.1, 0.15) is 0 Å². The number of hydrogen-bond donors (Lipinski definition) is 0. The van der Waals surface area contributed by atoms with Crippen LogP contribution in [-0.2, 0) is 0 Å².